The summed E-state index contributed by atoms with van der Waals surface area (Å²) in [6.45, 7) is 3.66. The summed E-state index contributed by atoms with van der Waals surface area (Å²) in [5, 5.41) is 3.84. The van der Waals surface area contributed by atoms with Crippen LogP contribution in [0.4, 0.5) is 0 Å². The number of nitrogens with zero attached hydrogens (tertiary/aromatic N) is 2. The molecule has 2 rings (SSSR count). The summed E-state index contributed by atoms with van der Waals surface area (Å²) in [5.41, 5.74) is 8.74. The van der Waals surface area contributed by atoms with Gasteiger partial charge in [-0.2, -0.15) is 5.10 Å². The summed E-state index contributed by atoms with van der Waals surface area (Å²) in [7, 11) is 1.88. The first-order chi connectivity index (χ1) is 9.08. The number of hydrazine groups is 1. The summed E-state index contributed by atoms with van der Waals surface area (Å²) in [5.74, 6) is -1.15. The largest absolute Gasteiger partial charge is 0.350 e. The molecule has 1 atom stereocenters. The summed E-state index contributed by atoms with van der Waals surface area (Å²) in [6, 6.07) is 3.74. The zero-order valence-electron chi connectivity index (χ0n) is 10.5. The molecule has 2 heterocycles. The highest BCUT2D eigenvalue weighted by atomic mass is 16.2. The molecule has 1 saturated heterocycles. The molecule has 100 valence electrons. The lowest BCUT2D eigenvalue weighted by molar-refractivity contribution is -0.127. The first-order valence-electron chi connectivity index (χ1n) is 5.76. The number of aryl methyl sites for hydroxylation is 1. The molecule has 1 aromatic heterocycles. The van der Waals surface area contributed by atoms with E-state index < -0.39 is 5.92 Å². The van der Waals surface area contributed by atoms with E-state index in [9.17, 15) is 9.59 Å². The van der Waals surface area contributed by atoms with Gasteiger partial charge in [-0.15, -0.1) is 0 Å². The van der Waals surface area contributed by atoms with E-state index in [0.717, 1.165) is 5.69 Å². The molecule has 19 heavy (non-hydrogen) atoms. The molecule has 1 aliphatic heterocycles. The van der Waals surface area contributed by atoms with Crippen molar-refractivity contribution >= 4 is 18.0 Å². The van der Waals surface area contributed by atoms with Crippen LogP contribution in [0.2, 0.25) is 0 Å². The first kappa shape index (κ1) is 12.9. The zero-order chi connectivity index (χ0) is 13.8. The summed E-state index contributed by atoms with van der Waals surface area (Å²) >= 11 is 0. The van der Waals surface area contributed by atoms with Gasteiger partial charge in [-0.25, -0.2) is 5.43 Å². The van der Waals surface area contributed by atoms with E-state index >= 15 is 0 Å². The minimum Gasteiger partial charge on any atom is -0.350 e. The second kappa shape index (κ2) is 5.38. The molecule has 2 amide bonds. The van der Waals surface area contributed by atoms with Crippen molar-refractivity contribution in [3.05, 3.63) is 36.3 Å². The number of amides is 2. The zero-order valence-corrected chi connectivity index (χ0v) is 10.5. The lowest BCUT2D eigenvalue weighted by atomic mass is 10.0. The summed E-state index contributed by atoms with van der Waals surface area (Å²) in [4.78, 5) is 23.0. The molecule has 0 radical (unpaired) electrons. The maximum Gasteiger partial charge on any atom is 0.247 e. The lowest BCUT2D eigenvalue weighted by Crippen LogP contribution is -2.27. The van der Waals surface area contributed by atoms with Gasteiger partial charge >= 0.3 is 0 Å². The van der Waals surface area contributed by atoms with Crippen molar-refractivity contribution in [2.45, 2.75) is 6.42 Å². The van der Waals surface area contributed by atoms with Crippen molar-refractivity contribution in [3.8, 4) is 0 Å². The van der Waals surface area contributed by atoms with Gasteiger partial charge in [0.2, 0.25) is 11.8 Å². The van der Waals surface area contributed by atoms with Gasteiger partial charge in [0.1, 0.15) is 0 Å². The van der Waals surface area contributed by atoms with E-state index in [1.165, 1.54) is 0 Å². The Kier molecular flexibility index (Phi) is 3.65. The van der Waals surface area contributed by atoms with Crippen LogP contribution in [0.25, 0.3) is 0 Å². The van der Waals surface area contributed by atoms with Gasteiger partial charge in [-0.1, -0.05) is 6.58 Å². The summed E-state index contributed by atoms with van der Waals surface area (Å²) in [6.07, 6.45) is 3.43. The molecule has 0 aromatic carbocycles. The van der Waals surface area contributed by atoms with Crippen molar-refractivity contribution in [2.24, 2.45) is 18.1 Å². The average molecular weight is 261 g/mol. The number of hydrogen-bond donors (Lipinski definition) is 3. The predicted octanol–water partition coefficient (Wildman–Crippen LogP) is -0.370. The minimum absolute atomic E-state index is 0.0160. The second-order valence-corrected chi connectivity index (χ2v) is 4.23. The van der Waals surface area contributed by atoms with Gasteiger partial charge < -0.3 is 9.99 Å². The van der Waals surface area contributed by atoms with Crippen LogP contribution in [0.3, 0.4) is 0 Å². The third kappa shape index (κ3) is 3.01. The maximum absolute atomic E-state index is 11.6. The fourth-order valence-corrected chi connectivity index (χ4v) is 1.70. The molecule has 7 heteroatoms. The molecule has 1 fully saturated rings. The number of carbonyl (C=O) groups excluding carboxylic acids is 2. The number of nitrogens with one attached hydrogen (secondary N) is 3. The van der Waals surface area contributed by atoms with Gasteiger partial charge in [-0.3, -0.25) is 15.0 Å². The van der Waals surface area contributed by atoms with Crippen molar-refractivity contribution in [1.82, 2.24) is 20.8 Å². The van der Waals surface area contributed by atoms with Crippen LogP contribution >= 0.6 is 0 Å². The molecule has 1 unspecified atom stereocenters. The Morgan fingerprint density at radius 2 is 2.42 bits per heavy atom. The standard InChI is InChI=1S/C12H15N5O2/c1-8-10(12(19)16-14-8)6-11(18)15-13-7-9-4-3-5-17(9)2/h3-5,7,10,14H,1,6H2,2H3,(H,15,18)(H,16,19). The Morgan fingerprint density at radius 1 is 1.63 bits per heavy atom. The maximum atomic E-state index is 11.6. The molecule has 0 aliphatic carbocycles. The van der Waals surface area contributed by atoms with E-state index in [0.29, 0.717) is 5.70 Å². The van der Waals surface area contributed by atoms with Crippen molar-refractivity contribution in [2.75, 3.05) is 0 Å². The number of aromatic nitrogens is 1. The molecule has 3 N–H and O–H groups in total. The fourth-order valence-electron chi connectivity index (χ4n) is 1.70. The highest BCUT2D eigenvalue weighted by Gasteiger charge is 2.29. The molecular formula is C12H15N5O2. The summed E-state index contributed by atoms with van der Waals surface area (Å²) < 4.78 is 1.87. The number of carbonyl (C=O) groups is 2. The third-order valence-electron chi connectivity index (χ3n) is 2.84. The quantitative estimate of drug-likeness (QED) is 0.510. The molecule has 1 aliphatic rings. The van der Waals surface area contributed by atoms with E-state index in [2.05, 4.69) is 28.0 Å². The molecular weight excluding hydrogens is 246 g/mol. The van der Waals surface area contributed by atoms with Gasteiger partial charge in [0, 0.05) is 25.4 Å². The lowest BCUT2D eigenvalue weighted by Gasteiger charge is -2.05. The second-order valence-electron chi connectivity index (χ2n) is 4.23. The van der Waals surface area contributed by atoms with Crippen LogP contribution < -0.4 is 16.3 Å². The van der Waals surface area contributed by atoms with E-state index in [1.807, 2.05) is 29.9 Å². The third-order valence-corrected chi connectivity index (χ3v) is 2.84. The highest BCUT2D eigenvalue weighted by molar-refractivity contribution is 5.89. The van der Waals surface area contributed by atoms with E-state index in [1.54, 1.807) is 6.21 Å². The van der Waals surface area contributed by atoms with Crippen LogP contribution in [0.5, 0.6) is 0 Å². The van der Waals surface area contributed by atoms with Crippen LogP contribution in [-0.2, 0) is 16.6 Å². The van der Waals surface area contributed by atoms with Gasteiger partial charge in [0.05, 0.1) is 17.8 Å². The Hall–Kier alpha value is -2.57. The Bertz CT molecular complexity index is 530. The van der Waals surface area contributed by atoms with Crippen LogP contribution in [-0.4, -0.2) is 22.6 Å². The average Bonchev–Trinajstić information content (AvgIpc) is 2.90. The predicted molar refractivity (Wildman–Crippen MR) is 69.7 cm³/mol. The molecule has 0 saturated carbocycles. The Labute approximate surface area is 110 Å². The molecule has 1 aromatic rings. The minimum atomic E-state index is -0.551. The van der Waals surface area contributed by atoms with Crippen molar-refractivity contribution in [3.63, 3.8) is 0 Å². The smallest absolute Gasteiger partial charge is 0.247 e. The van der Waals surface area contributed by atoms with Crippen LogP contribution in [0.1, 0.15) is 12.1 Å². The fraction of sp³-hybridized carbons (Fsp3) is 0.250. The SMILES string of the molecule is C=C1NNC(=O)C1CC(=O)NN=Cc1cccn1C. The van der Waals surface area contributed by atoms with Crippen molar-refractivity contribution in [1.29, 1.82) is 0 Å². The number of hydrogen-bond acceptors (Lipinski definition) is 4. The monoisotopic (exact) mass is 261 g/mol. The highest BCUT2D eigenvalue weighted by Crippen LogP contribution is 2.15. The topological polar surface area (TPSA) is 87.5 Å². The van der Waals surface area contributed by atoms with E-state index in [4.69, 9.17) is 0 Å². The normalized spacial score (nSPS) is 18.5. The molecule has 0 spiro atoms. The van der Waals surface area contributed by atoms with Crippen molar-refractivity contribution < 1.29 is 9.59 Å². The Balaban J connectivity index is 1.85. The Morgan fingerprint density at radius 3 is 3.00 bits per heavy atom. The van der Waals surface area contributed by atoms with Crippen LogP contribution in [0, 0.1) is 5.92 Å². The van der Waals surface area contributed by atoms with Gasteiger partial charge in [0.15, 0.2) is 0 Å². The number of hydrazone groups is 1. The van der Waals surface area contributed by atoms with E-state index in [-0.39, 0.29) is 18.2 Å². The molecule has 7 nitrogen and oxygen atoms in total. The van der Waals surface area contributed by atoms with Gasteiger partial charge in [-0.05, 0) is 12.1 Å². The van der Waals surface area contributed by atoms with Crippen LogP contribution in [0.15, 0.2) is 35.7 Å². The number of rotatable bonds is 4. The molecule has 0 bridgehead atoms. The van der Waals surface area contributed by atoms with Gasteiger partial charge in [0.25, 0.3) is 0 Å². The first-order valence-corrected chi connectivity index (χ1v) is 5.76.